The molecule has 1 aromatic carbocycles. The lowest BCUT2D eigenvalue weighted by atomic mass is 9.86. The van der Waals surface area contributed by atoms with Gasteiger partial charge in [-0.1, -0.05) is 45.2 Å². The number of hydrogen-bond donors (Lipinski definition) is 5. The topological polar surface area (TPSA) is 205 Å². The highest BCUT2D eigenvalue weighted by Crippen LogP contribution is 2.28. The molecule has 1 aromatic heterocycles. The Bertz CT molecular complexity index is 1330. The van der Waals surface area contributed by atoms with Crippen LogP contribution in [0.15, 0.2) is 34.2 Å². The first-order valence-electron chi connectivity index (χ1n) is 11.5. The van der Waals surface area contributed by atoms with Gasteiger partial charge in [-0.05, 0) is 36.9 Å². The zero-order valence-electron chi connectivity index (χ0n) is 21.6. The van der Waals surface area contributed by atoms with Crippen LogP contribution in [0.3, 0.4) is 0 Å². The summed E-state index contributed by atoms with van der Waals surface area (Å²) in [6.07, 6.45) is 0.917. The molecule has 2 rings (SSSR count). The van der Waals surface area contributed by atoms with Crippen LogP contribution in [0, 0.1) is 17.3 Å². The van der Waals surface area contributed by atoms with Crippen LogP contribution in [-0.2, 0) is 24.4 Å². The van der Waals surface area contributed by atoms with Crippen LogP contribution >= 0.6 is 0 Å². The van der Waals surface area contributed by atoms with Crippen molar-refractivity contribution in [3.05, 3.63) is 34.9 Å². The highest BCUT2D eigenvalue weighted by molar-refractivity contribution is 7.89. The minimum atomic E-state index is -4.95. The number of para-hydroxylation sites is 1. The number of benzene rings is 1. The molecule has 0 unspecified atom stereocenters. The van der Waals surface area contributed by atoms with Crippen molar-refractivity contribution in [1.82, 2.24) is 25.1 Å². The van der Waals surface area contributed by atoms with Crippen molar-refractivity contribution in [2.45, 2.75) is 58.0 Å². The predicted molar refractivity (Wildman–Crippen MR) is 135 cm³/mol. The summed E-state index contributed by atoms with van der Waals surface area (Å²) in [7, 11) is -3.44. The summed E-state index contributed by atoms with van der Waals surface area (Å²) in [5.74, 6) is -4.82. The maximum atomic E-state index is 13.5. The lowest BCUT2D eigenvalue weighted by Crippen LogP contribution is -2.59. The molecule has 0 aliphatic rings. The molecule has 3 atom stereocenters. The molecule has 0 radical (unpaired) electrons. The molecule has 0 saturated heterocycles. The maximum Gasteiger partial charge on any atom is 0.267 e. The molecule has 6 N–H and O–H groups in total. The number of carbonyl (C=O) groups excluding carboxylic acids is 3. The smallest absolute Gasteiger partial charge is 0.267 e. The van der Waals surface area contributed by atoms with Crippen molar-refractivity contribution in [2.24, 2.45) is 23.0 Å². The molecule has 14 heteroatoms. The average molecular weight is 539 g/mol. The summed E-state index contributed by atoms with van der Waals surface area (Å²) in [6, 6.07) is 0.723. The number of aromatic amines is 1. The number of fused-ring (bicyclic) bond motifs is 1. The van der Waals surface area contributed by atoms with Gasteiger partial charge >= 0.3 is 0 Å². The molecular formula is C23H34N6O7S. The normalized spacial score (nSPS) is 14.9. The third kappa shape index (κ3) is 6.57. The van der Waals surface area contributed by atoms with Crippen LogP contribution in [0.4, 0.5) is 0 Å². The van der Waals surface area contributed by atoms with E-state index in [0.717, 1.165) is 12.4 Å². The molecule has 13 nitrogen and oxygen atoms in total. The summed E-state index contributed by atoms with van der Waals surface area (Å²) in [5.41, 5.74) is 4.01. The van der Waals surface area contributed by atoms with Gasteiger partial charge in [0.05, 0.1) is 29.2 Å². The Kier molecular flexibility index (Phi) is 9.30. The first-order chi connectivity index (χ1) is 17.0. The number of hydroxylamine groups is 1. The van der Waals surface area contributed by atoms with Gasteiger partial charge in [0.1, 0.15) is 10.9 Å². The molecule has 0 spiro atoms. The summed E-state index contributed by atoms with van der Waals surface area (Å²) in [6.45, 7) is 8.67. The van der Waals surface area contributed by atoms with Gasteiger partial charge in [-0.15, -0.1) is 0 Å². The Morgan fingerprint density at radius 1 is 1.19 bits per heavy atom. The lowest BCUT2D eigenvalue weighted by Gasteiger charge is -2.32. The van der Waals surface area contributed by atoms with E-state index >= 15 is 0 Å². The number of amides is 3. The Morgan fingerprint density at radius 2 is 1.81 bits per heavy atom. The number of aromatic nitrogens is 2. The van der Waals surface area contributed by atoms with E-state index in [1.807, 2.05) is 0 Å². The molecule has 0 fully saturated rings. The van der Waals surface area contributed by atoms with Crippen LogP contribution < -0.4 is 21.9 Å². The number of imide groups is 1. The second kappa shape index (κ2) is 11.5. The fraction of sp³-hybridized carbons (Fsp3) is 0.522. The number of primary amides is 1. The number of likely N-dealkylation sites (N-methyl/N-ethyl adjacent to an activating group) is 1. The fourth-order valence-corrected chi connectivity index (χ4v) is 5.50. The molecule has 2 aromatic rings. The highest BCUT2D eigenvalue weighted by Gasteiger charge is 2.45. The molecule has 204 valence electrons. The lowest BCUT2D eigenvalue weighted by molar-refractivity contribution is -0.148. The molecule has 0 bridgehead atoms. The van der Waals surface area contributed by atoms with Gasteiger partial charge in [-0.25, -0.2) is 13.4 Å². The standard InChI is InChI=1S/C23H34N6O7S/c1-12(2)10-14(19(24)30)17(21(32)28-22(33)18(25-6)23(3,4)5)29(34)37(35,36)15-9-7-8-13-16(15)26-11-27-20(13)31/h7-9,11-12,14,17-18,25,34H,10H2,1-6H3,(H2,24,30)(H,26,27,31)(H,28,32,33)/t14-,17+,18-/m1/s1. The summed E-state index contributed by atoms with van der Waals surface area (Å²) < 4.78 is 26.8. The van der Waals surface area contributed by atoms with E-state index in [1.54, 1.807) is 34.6 Å². The third-order valence-electron chi connectivity index (χ3n) is 5.80. The average Bonchev–Trinajstić information content (AvgIpc) is 2.77. The van der Waals surface area contributed by atoms with E-state index < -0.39 is 61.6 Å². The number of H-pyrrole nitrogens is 1. The second-order valence-electron chi connectivity index (χ2n) is 10.2. The third-order valence-corrected chi connectivity index (χ3v) is 7.40. The minimum Gasteiger partial charge on any atom is -0.369 e. The number of hydrogen-bond acceptors (Lipinski definition) is 9. The van der Waals surface area contributed by atoms with E-state index in [0.29, 0.717) is 0 Å². The van der Waals surface area contributed by atoms with Crippen LogP contribution in [0.2, 0.25) is 0 Å². The van der Waals surface area contributed by atoms with Crippen molar-refractivity contribution < 1.29 is 28.0 Å². The quantitative estimate of drug-likeness (QED) is 0.260. The number of nitrogens with two attached hydrogens (primary N) is 1. The maximum absolute atomic E-state index is 13.5. The van der Waals surface area contributed by atoms with Crippen molar-refractivity contribution in [2.75, 3.05) is 7.05 Å². The molecule has 0 aliphatic heterocycles. The molecule has 1 heterocycles. The fourth-order valence-electron chi connectivity index (χ4n) is 4.10. The number of nitrogens with zero attached hydrogens (tertiary/aromatic N) is 2. The van der Waals surface area contributed by atoms with Crippen LogP contribution in [0.25, 0.3) is 10.9 Å². The van der Waals surface area contributed by atoms with Crippen molar-refractivity contribution in [1.29, 1.82) is 0 Å². The van der Waals surface area contributed by atoms with E-state index in [2.05, 4.69) is 20.6 Å². The van der Waals surface area contributed by atoms with Crippen molar-refractivity contribution in [3.63, 3.8) is 0 Å². The Balaban J connectivity index is 2.64. The molecular weight excluding hydrogens is 504 g/mol. The SMILES string of the molecule is CN[C@H](C(=O)NC(=O)[C@H]([C@@H](CC(C)C)C(N)=O)N(O)S(=O)(=O)c1cccc2c(=O)[nH]cnc12)C(C)(C)C. The molecule has 3 amide bonds. The Morgan fingerprint density at radius 3 is 2.32 bits per heavy atom. The first-order valence-corrected chi connectivity index (χ1v) is 13.0. The van der Waals surface area contributed by atoms with E-state index in [-0.39, 0.29) is 27.7 Å². The van der Waals surface area contributed by atoms with Crippen LogP contribution in [-0.4, -0.2) is 64.9 Å². The Labute approximate surface area is 214 Å². The number of carbonyl (C=O) groups is 3. The monoisotopic (exact) mass is 538 g/mol. The van der Waals surface area contributed by atoms with Gasteiger partial charge in [-0.2, -0.15) is 0 Å². The Hall–Kier alpha value is -3.20. The summed E-state index contributed by atoms with van der Waals surface area (Å²) in [5, 5.41) is 15.8. The van der Waals surface area contributed by atoms with Crippen molar-refractivity contribution >= 4 is 38.6 Å². The zero-order valence-corrected chi connectivity index (χ0v) is 22.4. The van der Waals surface area contributed by atoms with Gasteiger partial charge in [0.25, 0.3) is 15.6 Å². The van der Waals surface area contributed by atoms with Crippen LogP contribution in [0.1, 0.15) is 41.0 Å². The van der Waals surface area contributed by atoms with Gasteiger partial charge < -0.3 is 16.0 Å². The number of nitrogens with one attached hydrogen (secondary N) is 3. The summed E-state index contributed by atoms with van der Waals surface area (Å²) >= 11 is 0. The largest absolute Gasteiger partial charge is 0.369 e. The first kappa shape index (κ1) is 30.0. The van der Waals surface area contributed by atoms with E-state index in [1.165, 1.54) is 19.2 Å². The van der Waals surface area contributed by atoms with Gasteiger partial charge in [0, 0.05) is 0 Å². The summed E-state index contributed by atoms with van der Waals surface area (Å²) in [4.78, 5) is 56.4. The van der Waals surface area contributed by atoms with Crippen LogP contribution in [0.5, 0.6) is 0 Å². The van der Waals surface area contributed by atoms with Gasteiger partial charge in [0.15, 0.2) is 0 Å². The predicted octanol–water partition coefficient (Wildman–Crippen LogP) is 0.0961. The van der Waals surface area contributed by atoms with E-state index in [9.17, 15) is 32.8 Å². The molecule has 37 heavy (non-hydrogen) atoms. The molecule has 0 aliphatic carbocycles. The highest BCUT2D eigenvalue weighted by atomic mass is 32.2. The van der Waals surface area contributed by atoms with E-state index in [4.69, 9.17) is 5.73 Å². The number of sulfonamides is 1. The minimum absolute atomic E-state index is 0.0730. The van der Waals surface area contributed by atoms with Gasteiger partial charge in [-0.3, -0.25) is 29.7 Å². The van der Waals surface area contributed by atoms with Crippen molar-refractivity contribution in [3.8, 4) is 0 Å². The molecule has 0 saturated carbocycles. The second-order valence-corrected chi connectivity index (χ2v) is 12.0. The zero-order chi connectivity index (χ0) is 28.3. The number of rotatable bonds is 10. The van der Waals surface area contributed by atoms with Gasteiger partial charge in [0.2, 0.25) is 17.7 Å².